The van der Waals surface area contributed by atoms with Crippen LogP contribution in [0.3, 0.4) is 0 Å². The molecular formula is C12H11BrN2O3. The van der Waals surface area contributed by atoms with Gasteiger partial charge < -0.3 is 10.1 Å². The maximum Gasteiger partial charge on any atom is 0.257 e. The van der Waals surface area contributed by atoms with E-state index in [1.165, 1.54) is 0 Å². The number of nitrogens with one attached hydrogen (secondary N) is 1. The van der Waals surface area contributed by atoms with Crippen molar-refractivity contribution in [1.29, 1.82) is 5.26 Å². The zero-order valence-corrected chi connectivity index (χ0v) is 11.1. The molecule has 0 spiro atoms. The standard InChI is InChI=1S/C12H11BrN2O3/c13-10-2-3-11(9(6-10)7-16)18-8-12(17)15-5-1-4-14/h2-3,6-7H,1,5,8H2,(H,15,17). The molecular weight excluding hydrogens is 300 g/mol. The van der Waals surface area contributed by atoms with Crippen LogP contribution in [0.1, 0.15) is 16.8 Å². The summed E-state index contributed by atoms with van der Waals surface area (Å²) in [4.78, 5) is 22.1. The van der Waals surface area contributed by atoms with Crippen molar-refractivity contribution in [3.63, 3.8) is 0 Å². The first kappa shape index (κ1) is 14.2. The normalized spacial score (nSPS) is 9.33. The molecule has 1 amide bonds. The lowest BCUT2D eigenvalue weighted by atomic mass is 10.2. The van der Waals surface area contributed by atoms with E-state index in [-0.39, 0.29) is 18.9 Å². The van der Waals surface area contributed by atoms with Crippen molar-refractivity contribution in [3.05, 3.63) is 28.2 Å². The number of nitrogens with zero attached hydrogens (tertiary/aromatic N) is 1. The van der Waals surface area contributed by atoms with Crippen LogP contribution in [0.15, 0.2) is 22.7 Å². The first-order valence-corrected chi connectivity index (χ1v) is 5.98. The number of nitriles is 1. The number of aldehydes is 1. The SMILES string of the molecule is N#CCCNC(=O)COc1ccc(Br)cc1C=O. The van der Waals surface area contributed by atoms with Crippen molar-refractivity contribution >= 4 is 28.1 Å². The lowest BCUT2D eigenvalue weighted by Crippen LogP contribution is -2.29. The third-order valence-electron chi connectivity index (χ3n) is 2.02. The zero-order chi connectivity index (χ0) is 13.4. The molecule has 0 heterocycles. The van der Waals surface area contributed by atoms with Gasteiger partial charge in [0.15, 0.2) is 12.9 Å². The number of hydrogen-bond acceptors (Lipinski definition) is 4. The minimum atomic E-state index is -0.329. The Kier molecular flexibility index (Phi) is 5.88. The van der Waals surface area contributed by atoms with Crippen LogP contribution < -0.4 is 10.1 Å². The Balaban J connectivity index is 2.51. The van der Waals surface area contributed by atoms with Gasteiger partial charge in [-0.1, -0.05) is 15.9 Å². The van der Waals surface area contributed by atoms with Crippen molar-refractivity contribution in [1.82, 2.24) is 5.32 Å². The molecule has 18 heavy (non-hydrogen) atoms. The second-order valence-corrected chi connectivity index (χ2v) is 4.26. The second-order valence-electron chi connectivity index (χ2n) is 3.35. The fourth-order valence-corrected chi connectivity index (χ4v) is 1.57. The maximum atomic E-state index is 11.3. The smallest absolute Gasteiger partial charge is 0.257 e. The highest BCUT2D eigenvalue weighted by Gasteiger charge is 2.06. The average molecular weight is 311 g/mol. The summed E-state index contributed by atoms with van der Waals surface area (Å²) in [6, 6.07) is 6.85. The lowest BCUT2D eigenvalue weighted by molar-refractivity contribution is -0.123. The Bertz CT molecular complexity index is 483. The van der Waals surface area contributed by atoms with Crippen LogP contribution in [-0.4, -0.2) is 25.3 Å². The summed E-state index contributed by atoms with van der Waals surface area (Å²) in [5.41, 5.74) is 0.370. The number of carbonyl (C=O) groups excluding carboxylic acids is 2. The van der Waals surface area contributed by atoms with Gasteiger partial charge in [0.1, 0.15) is 5.75 Å². The quantitative estimate of drug-likeness (QED) is 0.640. The molecule has 5 nitrogen and oxygen atoms in total. The van der Waals surface area contributed by atoms with Crippen LogP contribution in [0.25, 0.3) is 0 Å². The second kappa shape index (κ2) is 7.45. The van der Waals surface area contributed by atoms with Crippen LogP contribution in [0.5, 0.6) is 5.75 Å². The van der Waals surface area contributed by atoms with Crippen molar-refractivity contribution in [2.75, 3.05) is 13.2 Å². The molecule has 1 N–H and O–H groups in total. The molecule has 0 saturated heterocycles. The Labute approximate surface area is 113 Å². The first-order valence-electron chi connectivity index (χ1n) is 5.18. The molecule has 0 atom stereocenters. The van der Waals surface area contributed by atoms with E-state index in [0.29, 0.717) is 24.1 Å². The van der Waals surface area contributed by atoms with Crippen molar-refractivity contribution in [3.8, 4) is 11.8 Å². The predicted molar refractivity (Wildman–Crippen MR) is 68.3 cm³/mol. The topological polar surface area (TPSA) is 79.2 Å². The van der Waals surface area contributed by atoms with Crippen LogP contribution in [-0.2, 0) is 4.79 Å². The van der Waals surface area contributed by atoms with Crippen LogP contribution in [0, 0.1) is 11.3 Å². The van der Waals surface area contributed by atoms with Gasteiger partial charge in [-0.25, -0.2) is 0 Å². The van der Waals surface area contributed by atoms with Gasteiger partial charge in [-0.2, -0.15) is 5.26 Å². The highest BCUT2D eigenvalue weighted by atomic mass is 79.9. The van der Waals surface area contributed by atoms with Gasteiger partial charge in [0.05, 0.1) is 18.1 Å². The fraction of sp³-hybridized carbons (Fsp3) is 0.250. The number of amides is 1. The molecule has 0 aromatic heterocycles. The van der Waals surface area contributed by atoms with Gasteiger partial charge in [0.25, 0.3) is 5.91 Å². The van der Waals surface area contributed by atoms with E-state index in [0.717, 1.165) is 4.47 Å². The van der Waals surface area contributed by atoms with E-state index in [9.17, 15) is 9.59 Å². The molecule has 1 aromatic carbocycles. The third kappa shape index (κ3) is 4.55. The predicted octanol–water partition coefficient (Wildman–Crippen LogP) is 1.67. The Morgan fingerprint density at radius 2 is 2.33 bits per heavy atom. The van der Waals surface area contributed by atoms with Gasteiger partial charge >= 0.3 is 0 Å². The molecule has 0 unspecified atom stereocenters. The first-order chi connectivity index (χ1) is 8.67. The summed E-state index contributed by atoms with van der Waals surface area (Å²) in [6.45, 7) is 0.105. The molecule has 0 aliphatic carbocycles. The average Bonchev–Trinajstić information content (AvgIpc) is 2.37. The maximum absolute atomic E-state index is 11.3. The Morgan fingerprint density at radius 1 is 1.56 bits per heavy atom. The molecule has 0 aliphatic rings. The molecule has 94 valence electrons. The van der Waals surface area contributed by atoms with E-state index < -0.39 is 0 Å². The van der Waals surface area contributed by atoms with Gasteiger partial charge in [-0.3, -0.25) is 9.59 Å². The van der Waals surface area contributed by atoms with E-state index in [4.69, 9.17) is 10.00 Å². The molecule has 0 radical (unpaired) electrons. The number of hydrogen-bond donors (Lipinski definition) is 1. The number of carbonyl (C=O) groups is 2. The van der Waals surface area contributed by atoms with Crippen LogP contribution in [0.4, 0.5) is 0 Å². The lowest BCUT2D eigenvalue weighted by Gasteiger charge is -2.08. The largest absolute Gasteiger partial charge is 0.483 e. The number of ether oxygens (including phenoxy) is 1. The highest BCUT2D eigenvalue weighted by molar-refractivity contribution is 9.10. The number of rotatable bonds is 6. The van der Waals surface area contributed by atoms with Crippen LogP contribution in [0.2, 0.25) is 0 Å². The highest BCUT2D eigenvalue weighted by Crippen LogP contribution is 2.21. The fourth-order valence-electron chi connectivity index (χ4n) is 1.20. The minimum absolute atomic E-state index is 0.187. The Hall–Kier alpha value is -1.87. The van der Waals surface area contributed by atoms with Gasteiger partial charge in [0.2, 0.25) is 0 Å². The van der Waals surface area contributed by atoms with Gasteiger partial charge in [-0.05, 0) is 18.2 Å². The summed E-state index contributed by atoms with van der Waals surface area (Å²) in [5.74, 6) is 0.0219. The number of halogens is 1. The molecule has 0 saturated carbocycles. The molecule has 1 aromatic rings. The minimum Gasteiger partial charge on any atom is -0.483 e. The van der Waals surface area contributed by atoms with Crippen molar-refractivity contribution < 1.29 is 14.3 Å². The van der Waals surface area contributed by atoms with Crippen molar-refractivity contribution in [2.24, 2.45) is 0 Å². The molecule has 6 heteroatoms. The summed E-state index contributed by atoms with van der Waals surface area (Å²) in [6.07, 6.45) is 0.914. The molecule has 1 rings (SSSR count). The van der Waals surface area contributed by atoms with Gasteiger partial charge in [-0.15, -0.1) is 0 Å². The number of benzene rings is 1. The van der Waals surface area contributed by atoms with E-state index >= 15 is 0 Å². The van der Waals surface area contributed by atoms with Crippen LogP contribution >= 0.6 is 15.9 Å². The third-order valence-corrected chi connectivity index (χ3v) is 2.51. The molecule has 0 fully saturated rings. The molecule has 0 aliphatic heterocycles. The molecule has 0 bridgehead atoms. The van der Waals surface area contributed by atoms with Crippen molar-refractivity contribution in [2.45, 2.75) is 6.42 Å². The van der Waals surface area contributed by atoms with E-state index in [2.05, 4.69) is 21.2 Å². The van der Waals surface area contributed by atoms with E-state index in [1.54, 1.807) is 18.2 Å². The van der Waals surface area contributed by atoms with E-state index in [1.807, 2.05) is 6.07 Å². The summed E-state index contributed by atoms with van der Waals surface area (Å²) >= 11 is 3.23. The summed E-state index contributed by atoms with van der Waals surface area (Å²) in [5, 5.41) is 10.8. The monoisotopic (exact) mass is 310 g/mol. The zero-order valence-electron chi connectivity index (χ0n) is 9.48. The summed E-state index contributed by atoms with van der Waals surface area (Å²) < 4.78 is 5.99. The Morgan fingerprint density at radius 3 is 3.00 bits per heavy atom. The summed E-state index contributed by atoms with van der Waals surface area (Å²) in [7, 11) is 0. The van der Waals surface area contributed by atoms with Gasteiger partial charge in [0, 0.05) is 11.0 Å².